The fraction of sp³-hybridized carbons (Fsp3) is 0.385. The first-order valence-corrected chi connectivity index (χ1v) is 5.61. The zero-order valence-corrected chi connectivity index (χ0v) is 11.0. The Hall–Kier alpha value is -2.24. The van der Waals surface area contributed by atoms with Gasteiger partial charge < -0.3 is 19.7 Å². The molecule has 104 valence electrons. The van der Waals surface area contributed by atoms with E-state index in [1.165, 1.54) is 26.4 Å². The monoisotopic (exact) mass is 268 g/mol. The molecule has 0 bridgehead atoms. The minimum absolute atomic E-state index is 0.0177. The minimum Gasteiger partial charge on any atom is -0.507 e. The number of hydrogen-bond donors (Lipinski definition) is 2. The van der Waals surface area contributed by atoms with Gasteiger partial charge in [0.2, 0.25) is 0 Å². The highest BCUT2D eigenvalue weighted by Gasteiger charge is 2.20. The molecule has 0 heterocycles. The first-order chi connectivity index (χ1) is 8.90. The van der Waals surface area contributed by atoms with Gasteiger partial charge >= 0.3 is 11.9 Å². The Labute approximate surface area is 110 Å². The summed E-state index contributed by atoms with van der Waals surface area (Å²) in [6, 6.07) is 2.66. The van der Waals surface area contributed by atoms with Gasteiger partial charge in [-0.2, -0.15) is 0 Å². The third-order valence-electron chi connectivity index (χ3n) is 2.75. The molecule has 0 aliphatic carbocycles. The predicted octanol–water partition coefficient (Wildman–Crippen LogP) is 1.45. The van der Waals surface area contributed by atoms with Crippen molar-refractivity contribution in [2.45, 2.75) is 13.3 Å². The Bertz CT molecular complexity index is 494. The lowest BCUT2D eigenvalue weighted by Crippen LogP contribution is -2.13. The molecule has 0 aliphatic rings. The van der Waals surface area contributed by atoms with E-state index in [1.54, 1.807) is 6.92 Å². The highest BCUT2D eigenvalue weighted by atomic mass is 16.5. The van der Waals surface area contributed by atoms with Crippen molar-refractivity contribution < 1.29 is 29.3 Å². The molecule has 1 atom stereocenters. The SMILES string of the molecule is COC(=O)c1cc(CC(C)C(=O)O)c(OC)cc1O. The highest BCUT2D eigenvalue weighted by molar-refractivity contribution is 5.93. The molecule has 1 unspecified atom stereocenters. The van der Waals surface area contributed by atoms with Gasteiger partial charge in [0.05, 0.1) is 20.1 Å². The number of esters is 1. The molecule has 0 aliphatic heterocycles. The van der Waals surface area contributed by atoms with Gasteiger partial charge in [-0.25, -0.2) is 4.79 Å². The van der Waals surface area contributed by atoms with Gasteiger partial charge in [0.1, 0.15) is 17.1 Å². The summed E-state index contributed by atoms with van der Waals surface area (Å²) in [6.07, 6.45) is 0.183. The molecule has 0 saturated carbocycles. The number of hydrogen-bond acceptors (Lipinski definition) is 5. The van der Waals surface area contributed by atoms with Gasteiger partial charge in [-0.3, -0.25) is 4.79 Å². The van der Waals surface area contributed by atoms with Crippen molar-refractivity contribution in [3.8, 4) is 11.5 Å². The third-order valence-corrected chi connectivity index (χ3v) is 2.75. The van der Waals surface area contributed by atoms with E-state index >= 15 is 0 Å². The maximum Gasteiger partial charge on any atom is 0.341 e. The molecule has 0 fully saturated rings. The summed E-state index contributed by atoms with van der Waals surface area (Å²) in [6.45, 7) is 1.55. The van der Waals surface area contributed by atoms with E-state index in [9.17, 15) is 14.7 Å². The molecule has 6 nitrogen and oxygen atoms in total. The van der Waals surface area contributed by atoms with Crippen molar-refractivity contribution in [3.63, 3.8) is 0 Å². The second-order valence-corrected chi connectivity index (χ2v) is 4.12. The third kappa shape index (κ3) is 3.37. The number of phenols is 1. The van der Waals surface area contributed by atoms with Crippen LogP contribution in [0.1, 0.15) is 22.8 Å². The van der Waals surface area contributed by atoms with Gasteiger partial charge in [0.15, 0.2) is 0 Å². The average Bonchev–Trinajstić information content (AvgIpc) is 2.39. The van der Waals surface area contributed by atoms with Crippen molar-refractivity contribution in [1.29, 1.82) is 0 Å². The number of benzene rings is 1. The molecule has 0 saturated heterocycles. The number of carboxylic acid groups (broad SMARTS) is 1. The molecule has 1 aromatic carbocycles. The normalized spacial score (nSPS) is 11.7. The van der Waals surface area contributed by atoms with Crippen molar-refractivity contribution >= 4 is 11.9 Å². The van der Waals surface area contributed by atoms with Gasteiger partial charge in [-0.1, -0.05) is 6.92 Å². The Morgan fingerprint density at radius 3 is 2.42 bits per heavy atom. The summed E-state index contributed by atoms with van der Waals surface area (Å²) in [5.41, 5.74) is 0.506. The van der Waals surface area contributed by atoms with Gasteiger partial charge in [0.25, 0.3) is 0 Å². The maximum absolute atomic E-state index is 11.5. The Morgan fingerprint density at radius 1 is 1.32 bits per heavy atom. The zero-order chi connectivity index (χ0) is 14.6. The first kappa shape index (κ1) is 14.8. The van der Waals surface area contributed by atoms with E-state index in [1.807, 2.05) is 0 Å². The number of carboxylic acids is 1. The van der Waals surface area contributed by atoms with E-state index < -0.39 is 17.9 Å². The van der Waals surface area contributed by atoms with Gasteiger partial charge in [-0.05, 0) is 18.1 Å². The number of carbonyl (C=O) groups excluding carboxylic acids is 1. The molecule has 2 N–H and O–H groups in total. The second-order valence-electron chi connectivity index (χ2n) is 4.12. The van der Waals surface area contributed by atoms with Crippen LogP contribution >= 0.6 is 0 Å². The smallest absolute Gasteiger partial charge is 0.341 e. The van der Waals surface area contributed by atoms with Crippen LogP contribution in [0.4, 0.5) is 0 Å². The van der Waals surface area contributed by atoms with Crippen molar-refractivity contribution in [2.24, 2.45) is 5.92 Å². The molecule has 0 aromatic heterocycles. The maximum atomic E-state index is 11.5. The topological polar surface area (TPSA) is 93.1 Å². The lowest BCUT2D eigenvalue weighted by molar-refractivity contribution is -0.141. The van der Waals surface area contributed by atoms with Gasteiger partial charge in [0, 0.05) is 6.07 Å². The van der Waals surface area contributed by atoms with Crippen molar-refractivity contribution in [3.05, 3.63) is 23.3 Å². The minimum atomic E-state index is -0.949. The highest BCUT2D eigenvalue weighted by Crippen LogP contribution is 2.30. The zero-order valence-electron chi connectivity index (χ0n) is 11.0. The Kier molecular flexibility index (Phi) is 4.74. The Morgan fingerprint density at radius 2 is 1.95 bits per heavy atom. The fourth-order valence-electron chi connectivity index (χ4n) is 1.65. The molecule has 1 aromatic rings. The van der Waals surface area contributed by atoms with Crippen LogP contribution in [0.2, 0.25) is 0 Å². The largest absolute Gasteiger partial charge is 0.507 e. The van der Waals surface area contributed by atoms with Crippen LogP contribution < -0.4 is 4.74 Å². The van der Waals surface area contributed by atoms with Gasteiger partial charge in [-0.15, -0.1) is 0 Å². The van der Waals surface area contributed by atoms with Crippen LogP contribution in [0, 0.1) is 5.92 Å². The van der Waals surface area contributed by atoms with Crippen LogP contribution in [-0.4, -0.2) is 36.4 Å². The van der Waals surface area contributed by atoms with Crippen LogP contribution in [0.5, 0.6) is 11.5 Å². The first-order valence-electron chi connectivity index (χ1n) is 5.61. The Balaban J connectivity index is 3.20. The summed E-state index contributed by atoms with van der Waals surface area (Å²) in [5, 5.41) is 18.6. The summed E-state index contributed by atoms with van der Waals surface area (Å²) in [4.78, 5) is 22.3. The number of carbonyl (C=O) groups is 2. The molecule has 0 amide bonds. The predicted molar refractivity (Wildman–Crippen MR) is 66.5 cm³/mol. The molecule has 0 spiro atoms. The van der Waals surface area contributed by atoms with E-state index in [-0.39, 0.29) is 17.7 Å². The van der Waals surface area contributed by atoms with Crippen LogP contribution in [0.25, 0.3) is 0 Å². The van der Waals surface area contributed by atoms with Crippen LogP contribution in [0.15, 0.2) is 12.1 Å². The number of methoxy groups -OCH3 is 2. The number of aromatic hydroxyl groups is 1. The standard InChI is InChI=1S/C13H16O6/c1-7(12(15)16)4-8-5-9(13(17)19-3)10(14)6-11(8)18-2/h5-7,14H,4H2,1-3H3,(H,15,16). The van der Waals surface area contributed by atoms with Crippen molar-refractivity contribution in [2.75, 3.05) is 14.2 Å². The molecular weight excluding hydrogens is 252 g/mol. The fourth-order valence-corrected chi connectivity index (χ4v) is 1.65. The summed E-state index contributed by atoms with van der Waals surface area (Å²) >= 11 is 0. The molecular formula is C13H16O6. The number of phenolic OH excluding ortho intramolecular Hbond substituents is 1. The van der Waals surface area contributed by atoms with E-state index in [0.29, 0.717) is 11.3 Å². The molecule has 0 radical (unpaired) electrons. The molecule has 1 rings (SSSR count). The summed E-state index contributed by atoms with van der Waals surface area (Å²) in [5.74, 6) is -2.21. The summed E-state index contributed by atoms with van der Waals surface area (Å²) < 4.78 is 9.61. The van der Waals surface area contributed by atoms with E-state index in [0.717, 1.165) is 0 Å². The molecule has 19 heavy (non-hydrogen) atoms. The van der Waals surface area contributed by atoms with Crippen molar-refractivity contribution in [1.82, 2.24) is 0 Å². The lowest BCUT2D eigenvalue weighted by Gasteiger charge is -2.13. The quantitative estimate of drug-likeness (QED) is 0.785. The molecule has 6 heteroatoms. The average molecular weight is 268 g/mol. The number of aliphatic carboxylic acids is 1. The van der Waals surface area contributed by atoms with E-state index in [2.05, 4.69) is 4.74 Å². The van der Waals surface area contributed by atoms with Crippen LogP contribution in [-0.2, 0) is 16.0 Å². The van der Waals surface area contributed by atoms with Crippen LogP contribution in [0.3, 0.4) is 0 Å². The number of rotatable bonds is 5. The lowest BCUT2D eigenvalue weighted by atomic mass is 9.98. The second kappa shape index (κ2) is 6.08. The summed E-state index contributed by atoms with van der Waals surface area (Å²) in [7, 11) is 2.60. The van der Waals surface area contributed by atoms with E-state index in [4.69, 9.17) is 9.84 Å². The number of ether oxygens (including phenoxy) is 2.